The van der Waals surface area contributed by atoms with Crippen molar-refractivity contribution in [2.45, 2.75) is 31.7 Å². The molecule has 0 aliphatic carbocycles. The number of para-hydroxylation sites is 1. The fourth-order valence-corrected chi connectivity index (χ4v) is 3.66. The quantitative estimate of drug-likeness (QED) is 0.250. The molecule has 0 radical (unpaired) electrons. The number of hydrogen-bond acceptors (Lipinski definition) is 6. The molecule has 1 aromatic heterocycles. The van der Waals surface area contributed by atoms with Crippen LogP contribution in [0.2, 0.25) is 0 Å². The Hall–Kier alpha value is -3.19. The molecule has 1 amide bonds. The van der Waals surface area contributed by atoms with Crippen molar-refractivity contribution in [2.75, 3.05) is 6.61 Å². The number of ether oxygens (including phenoxy) is 1. The number of hydrogen-bond donors (Lipinski definition) is 1. The summed E-state index contributed by atoms with van der Waals surface area (Å²) in [6.07, 6.45) is 1.58. The molecule has 3 rings (SSSR count). The van der Waals surface area contributed by atoms with Crippen LogP contribution in [-0.2, 0) is 5.75 Å². The molecule has 0 fully saturated rings. The number of hydrazone groups is 1. The van der Waals surface area contributed by atoms with Gasteiger partial charge in [0.25, 0.3) is 5.91 Å². The van der Waals surface area contributed by atoms with Gasteiger partial charge in [0.2, 0.25) is 0 Å². The van der Waals surface area contributed by atoms with Gasteiger partial charge in [0.05, 0.1) is 12.8 Å². The highest BCUT2D eigenvalue weighted by molar-refractivity contribution is 7.98. The summed E-state index contributed by atoms with van der Waals surface area (Å²) >= 11 is 1.57. The third kappa shape index (κ3) is 6.15. The maximum atomic E-state index is 12.3. The van der Waals surface area contributed by atoms with E-state index in [0.29, 0.717) is 12.2 Å². The maximum absolute atomic E-state index is 12.3. The van der Waals surface area contributed by atoms with E-state index in [4.69, 9.17) is 4.74 Å². The fourth-order valence-electron chi connectivity index (χ4n) is 2.76. The monoisotopic (exact) mass is 420 g/mol. The molecule has 0 spiro atoms. The Labute approximate surface area is 180 Å². The van der Waals surface area contributed by atoms with E-state index in [-0.39, 0.29) is 5.91 Å². The van der Waals surface area contributed by atoms with Crippen LogP contribution in [-0.4, -0.2) is 28.7 Å². The lowest BCUT2D eigenvalue weighted by atomic mass is 10.1. The van der Waals surface area contributed by atoms with Gasteiger partial charge in [0, 0.05) is 28.3 Å². The van der Waals surface area contributed by atoms with E-state index in [1.807, 2.05) is 63.2 Å². The molecule has 2 aromatic carbocycles. The van der Waals surface area contributed by atoms with Crippen molar-refractivity contribution in [3.8, 4) is 5.75 Å². The predicted octanol–water partition coefficient (Wildman–Crippen LogP) is 4.55. The first-order valence-electron chi connectivity index (χ1n) is 9.64. The van der Waals surface area contributed by atoms with E-state index < -0.39 is 0 Å². The Kier molecular flexibility index (Phi) is 7.57. The summed E-state index contributed by atoms with van der Waals surface area (Å²) in [6, 6.07) is 16.9. The standard InChI is InChI=1S/C23H24N4O2S/c1-4-29-21-8-6-5-7-20(21)14-24-27-22(28)19-11-9-18(10-12-19)15-30-23-25-16(2)13-17(3)26-23/h5-14H,4,15H2,1-3H3,(H,27,28)/b24-14-. The molecule has 0 bridgehead atoms. The van der Waals surface area contributed by atoms with Gasteiger partial charge < -0.3 is 4.74 Å². The van der Waals surface area contributed by atoms with Crippen LogP contribution in [0.3, 0.4) is 0 Å². The highest BCUT2D eigenvalue weighted by atomic mass is 32.2. The first kappa shape index (κ1) is 21.5. The second-order valence-corrected chi connectivity index (χ2v) is 7.53. The Morgan fingerprint density at radius 1 is 1.10 bits per heavy atom. The van der Waals surface area contributed by atoms with Crippen molar-refractivity contribution < 1.29 is 9.53 Å². The summed E-state index contributed by atoms with van der Waals surface area (Å²) in [5, 5.41) is 4.81. The Balaban J connectivity index is 1.56. The summed E-state index contributed by atoms with van der Waals surface area (Å²) in [5.41, 5.74) is 6.92. The molecule has 0 saturated carbocycles. The van der Waals surface area contributed by atoms with Gasteiger partial charge >= 0.3 is 0 Å². The molecule has 0 aliphatic rings. The average molecular weight is 421 g/mol. The van der Waals surface area contributed by atoms with Crippen LogP contribution in [0.5, 0.6) is 5.75 Å². The van der Waals surface area contributed by atoms with Crippen LogP contribution in [0.15, 0.2) is 64.9 Å². The van der Waals surface area contributed by atoms with Gasteiger partial charge in [-0.1, -0.05) is 36.0 Å². The molecule has 0 saturated heterocycles. The lowest BCUT2D eigenvalue weighted by Gasteiger charge is -2.06. The van der Waals surface area contributed by atoms with Gasteiger partial charge in [-0.15, -0.1) is 0 Å². The van der Waals surface area contributed by atoms with Crippen LogP contribution >= 0.6 is 11.8 Å². The molecule has 6 nitrogen and oxygen atoms in total. The molecule has 0 unspecified atom stereocenters. The van der Waals surface area contributed by atoms with Crippen molar-refractivity contribution in [3.63, 3.8) is 0 Å². The summed E-state index contributed by atoms with van der Waals surface area (Å²) in [4.78, 5) is 21.2. The molecule has 1 N–H and O–H groups in total. The second-order valence-electron chi connectivity index (χ2n) is 6.59. The summed E-state index contributed by atoms with van der Waals surface area (Å²) in [7, 11) is 0. The molecular weight excluding hydrogens is 396 g/mol. The molecule has 7 heteroatoms. The first-order valence-corrected chi connectivity index (χ1v) is 10.6. The van der Waals surface area contributed by atoms with Crippen LogP contribution in [0, 0.1) is 13.8 Å². The van der Waals surface area contributed by atoms with E-state index in [9.17, 15) is 4.79 Å². The molecule has 30 heavy (non-hydrogen) atoms. The highest BCUT2D eigenvalue weighted by Crippen LogP contribution is 2.20. The van der Waals surface area contributed by atoms with E-state index in [2.05, 4.69) is 20.5 Å². The van der Waals surface area contributed by atoms with Crippen molar-refractivity contribution in [1.82, 2.24) is 15.4 Å². The van der Waals surface area contributed by atoms with Gasteiger partial charge in [0.15, 0.2) is 5.16 Å². The number of aromatic nitrogens is 2. The van der Waals surface area contributed by atoms with Crippen molar-refractivity contribution >= 4 is 23.9 Å². The molecule has 0 atom stereocenters. The van der Waals surface area contributed by atoms with Crippen LogP contribution in [0.1, 0.15) is 39.8 Å². The van der Waals surface area contributed by atoms with Crippen molar-refractivity contribution in [1.29, 1.82) is 0 Å². The minimum absolute atomic E-state index is 0.267. The molecule has 154 valence electrons. The van der Waals surface area contributed by atoms with E-state index in [1.165, 1.54) is 0 Å². The van der Waals surface area contributed by atoms with Gasteiger partial charge in [-0.25, -0.2) is 15.4 Å². The number of thioether (sulfide) groups is 1. The molecule has 0 aliphatic heterocycles. The average Bonchev–Trinajstić information content (AvgIpc) is 2.73. The number of amides is 1. The Morgan fingerprint density at radius 3 is 2.50 bits per heavy atom. The normalized spacial score (nSPS) is 10.9. The lowest BCUT2D eigenvalue weighted by Crippen LogP contribution is -2.17. The number of carbonyl (C=O) groups is 1. The van der Waals surface area contributed by atoms with Crippen molar-refractivity contribution in [3.05, 3.63) is 82.7 Å². The zero-order valence-electron chi connectivity index (χ0n) is 17.3. The van der Waals surface area contributed by atoms with E-state index >= 15 is 0 Å². The van der Waals surface area contributed by atoms with Crippen molar-refractivity contribution in [2.24, 2.45) is 5.10 Å². The van der Waals surface area contributed by atoms with E-state index in [1.54, 1.807) is 30.1 Å². The molecule has 1 heterocycles. The minimum Gasteiger partial charge on any atom is -0.493 e. The van der Waals surface area contributed by atoms with Gasteiger partial charge in [-0.05, 0) is 56.7 Å². The van der Waals surface area contributed by atoms with Gasteiger partial charge in [-0.3, -0.25) is 4.79 Å². The maximum Gasteiger partial charge on any atom is 0.271 e. The highest BCUT2D eigenvalue weighted by Gasteiger charge is 2.06. The first-order chi connectivity index (χ1) is 14.5. The summed E-state index contributed by atoms with van der Waals surface area (Å²) < 4.78 is 5.55. The number of aryl methyl sites for hydroxylation is 2. The smallest absolute Gasteiger partial charge is 0.271 e. The largest absolute Gasteiger partial charge is 0.493 e. The Bertz CT molecular complexity index is 1020. The topological polar surface area (TPSA) is 76.5 Å². The zero-order valence-corrected chi connectivity index (χ0v) is 18.1. The third-order valence-electron chi connectivity index (χ3n) is 4.13. The van der Waals surface area contributed by atoms with Gasteiger partial charge in [0.1, 0.15) is 5.75 Å². The number of rotatable bonds is 8. The third-order valence-corrected chi connectivity index (χ3v) is 5.05. The lowest BCUT2D eigenvalue weighted by molar-refractivity contribution is 0.0955. The zero-order chi connectivity index (χ0) is 21.3. The van der Waals surface area contributed by atoms with Crippen LogP contribution in [0.4, 0.5) is 0 Å². The molecule has 3 aromatic rings. The summed E-state index contributed by atoms with van der Waals surface area (Å²) in [6.45, 7) is 6.42. The summed E-state index contributed by atoms with van der Waals surface area (Å²) in [5.74, 6) is 1.20. The number of carbonyl (C=O) groups excluding carboxylic acids is 1. The minimum atomic E-state index is -0.267. The fraction of sp³-hybridized carbons (Fsp3) is 0.217. The second kappa shape index (κ2) is 10.5. The number of nitrogens with one attached hydrogen (secondary N) is 1. The number of benzene rings is 2. The predicted molar refractivity (Wildman–Crippen MR) is 120 cm³/mol. The van der Waals surface area contributed by atoms with Gasteiger partial charge in [-0.2, -0.15) is 5.10 Å². The Morgan fingerprint density at radius 2 is 1.80 bits per heavy atom. The van der Waals surface area contributed by atoms with E-state index in [0.717, 1.165) is 39.2 Å². The molecular formula is C23H24N4O2S. The van der Waals surface area contributed by atoms with Crippen LogP contribution in [0.25, 0.3) is 0 Å². The SMILES string of the molecule is CCOc1ccccc1/C=N\NC(=O)c1ccc(CSc2nc(C)cc(C)n2)cc1. The van der Waals surface area contributed by atoms with Crippen LogP contribution < -0.4 is 10.2 Å². The number of nitrogens with zero attached hydrogens (tertiary/aromatic N) is 3.